The first-order chi connectivity index (χ1) is 12.6. The number of nitrogens with one attached hydrogen (secondary N) is 1. The van der Waals surface area contributed by atoms with E-state index in [0.29, 0.717) is 43.9 Å². The Bertz CT molecular complexity index is 737. The fourth-order valence-corrected chi connectivity index (χ4v) is 3.84. The van der Waals surface area contributed by atoms with Gasteiger partial charge in [-0.15, -0.1) is 0 Å². The van der Waals surface area contributed by atoms with E-state index < -0.39 is 5.60 Å². The molecule has 0 saturated carbocycles. The summed E-state index contributed by atoms with van der Waals surface area (Å²) in [5, 5.41) is 6.89. The standard InChI is InChI=1S/C18H24N4O4/c1-21-7-2-5-15(21)17(24)22-8-6-18(12-22)10-14(20-26-18)16(23)19-11-13-4-3-9-25-13/h2,5,7,13H,3-4,6,8-12H2,1H3,(H,19,23)/t13-,18-/m0/s1. The predicted molar refractivity (Wildman–Crippen MR) is 93.8 cm³/mol. The van der Waals surface area contributed by atoms with E-state index >= 15 is 0 Å². The minimum atomic E-state index is -0.572. The molecule has 0 unspecified atom stereocenters. The van der Waals surface area contributed by atoms with Crippen molar-refractivity contribution >= 4 is 17.5 Å². The molecule has 1 spiro atoms. The smallest absolute Gasteiger partial charge is 0.270 e. The summed E-state index contributed by atoms with van der Waals surface area (Å²) in [5.41, 5.74) is 0.476. The van der Waals surface area contributed by atoms with Crippen LogP contribution >= 0.6 is 0 Å². The third-order valence-corrected chi connectivity index (χ3v) is 5.38. The summed E-state index contributed by atoms with van der Waals surface area (Å²) in [4.78, 5) is 32.4. The fraction of sp³-hybridized carbons (Fsp3) is 0.611. The van der Waals surface area contributed by atoms with Crippen LogP contribution in [0.2, 0.25) is 0 Å². The summed E-state index contributed by atoms with van der Waals surface area (Å²) >= 11 is 0. The maximum Gasteiger partial charge on any atom is 0.270 e. The lowest BCUT2D eigenvalue weighted by molar-refractivity contribution is -0.115. The van der Waals surface area contributed by atoms with E-state index in [1.807, 2.05) is 29.9 Å². The number of carbonyl (C=O) groups is 2. The van der Waals surface area contributed by atoms with E-state index in [1.54, 1.807) is 4.90 Å². The van der Waals surface area contributed by atoms with E-state index in [0.717, 1.165) is 19.4 Å². The summed E-state index contributed by atoms with van der Waals surface area (Å²) in [5.74, 6) is -0.223. The highest BCUT2D eigenvalue weighted by atomic mass is 16.7. The lowest BCUT2D eigenvalue weighted by Gasteiger charge is -2.21. The Kier molecular flexibility index (Phi) is 4.44. The number of oxime groups is 1. The van der Waals surface area contributed by atoms with E-state index in [-0.39, 0.29) is 17.9 Å². The van der Waals surface area contributed by atoms with Gasteiger partial charge in [0.1, 0.15) is 11.4 Å². The van der Waals surface area contributed by atoms with Gasteiger partial charge in [0.15, 0.2) is 5.60 Å². The average molecular weight is 360 g/mol. The Labute approximate surface area is 152 Å². The van der Waals surface area contributed by atoms with Crippen LogP contribution in [0, 0.1) is 0 Å². The maximum absolute atomic E-state index is 12.7. The van der Waals surface area contributed by atoms with Crippen molar-refractivity contribution in [2.24, 2.45) is 12.2 Å². The normalized spacial score (nSPS) is 27.7. The third kappa shape index (κ3) is 3.21. The molecule has 3 aliphatic heterocycles. The van der Waals surface area contributed by atoms with Crippen molar-refractivity contribution in [2.45, 2.75) is 37.4 Å². The van der Waals surface area contributed by atoms with Crippen LogP contribution in [0.25, 0.3) is 0 Å². The molecule has 0 aromatic carbocycles. The van der Waals surface area contributed by atoms with Gasteiger partial charge in [-0.2, -0.15) is 0 Å². The van der Waals surface area contributed by atoms with E-state index in [1.165, 1.54) is 0 Å². The lowest BCUT2D eigenvalue weighted by atomic mass is 9.96. The maximum atomic E-state index is 12.7. The molecule has 2 fully saturated rings. The Balaban J connectivity index is 1.32. The highest BCUT2D eigenvalue weighted by Crippen LogP contribution is 2.34. The van der Waals surface area contributed by atoms with Crippen LogP contribution in [-0.4, -0.2) is 64.9 Å². The minimum Gasteiger partial charge on any atom is -0.386 e. The number of ether oxygens (including phenoxy) is 1. The van der Waals surface area contributed by atoms with Crippen molar-refractivity contribution in [1.29, 1.82) is 0 Å². The largest absolute Gasteiger partial charge is 0.386 e. The van der Waals surface area contributed by atoms with E-state index in [4.69, 9.17) is 9.57 Å². The number of aryl methyl sites for hydroxylation is 1. The Morgan fingerprint density at radius 1 is 1.46 bits per heavy atom. The molecule has 8 nitrogen and oxygen atoms in total. The van der Waals surface area contributed by atoms with Gasteiger partial charge in [0, 0.05) is 45.8 Å². The SMILES string of the molecule is Cn1cccc1C(=O)N1CC[C@]2(CC(C(=O)NC[C@@H]3CCCO3)=NO2)C1. The number of nitrogens with zero attached hydrogens (tertiary/aromatic N) is 3. The molecule has 26 heavy (non-hydrogen) atoms. The van der Waals surface area contributed by atoms with Gasteiger partial charge in [0.25, 0.3) is 11.8 Å². The molecule has 0 bridgehead atoms. The predicted octanol–water partition coefficient (Wildman–Crippen LogP) is 0.681. The second kappa shape index (κ2) is 6.75. The van der Waals surface area contributed by atoms with Crippen LogP contribution in [0.15, 0.2) is 23.5 Å². The third-order valence-electron chi connectivity index (χ3n) is 5.38. The van der Waals surface area contributed by atoms with Gasteiger partial charge in [-0.1, -0.05) is 5.16 Å². The number of carbonyl (C=O) groups excluding carboxylic acids is 2. The van der Waals surface area contributed by atoms with Gasteiger partial charge in [0.05, 0.1) is 12.6 Å². The highest BCUT2D eigenvalue weighted by molar-refractivity contribution is 6.39. The van der Waals surface area contributed by atoms with E-state index in [2.05, 4.69) is 10.5 Å². The molecule has 140 valence electrons. The van der Waals surface area contributed by atoms with Gasteiger partial charge in [-0.3, -0.25) is 9.59 Å². The second-order valence-corrected chi connectivity index (χ2v) is 7.32. The van der Waals surface area contributed by atoms with Gasteiger partial charge < -0.3 is 24.4 Å². The monoisotopic (exact) mass is 360 g/mol. The van der Waals surface area contributed by atoms with Crippen molar-refractivity contribution < 1.29 is 19.2 Å². The Hall–Kier alpha value is -2.35. The lowest BCUT2D eigenvalue weighted by Crippen LogP contribution is -2.40. The van der Waals surface area contributed by atoms with Crippen molar-refractivity contribution in [3.63, 3.8) is 0 Å². The summed E-state index contributed by atoms with van der Waals surface area (Å²) in [7, 11) is 1.85. The van der Waals surface area contributed by atoms with Crippen LogP contribution in [0.1, 0.15) is 36.2 Å². The molecular formula is C18H24N4O4. The average Bonchev–Trinajstić information content (AvgIpc) is 3.42. The molecule has 0 radical (unpaired) electrons. The topological polar surface area (TPSA) is 85.2 Å². The zero-order chi connectivity index (χ0) is 18.1. The molecule has 4 rings (SSSR count). The van der Waals surface area contributed by atoms with Crippen LogP contribution in [0.3, 0.4) is 0 Å². The molecule has 2 atom stereocenters. The molecule has 1 aromatic heterocycles. The number of aromatic nitrogens is 1. The zero-order valence-electron chi connectivity index (χ0n) is 14.9. The first-order valence-corrected chi connectivity index (χ1v) is 9.12. The molecule has 1 N–H and O–H groups in total. The molecular weight excluding hydrogens is 336 g/mol. The fourth-order valence-electron chi connectivity index (χ4n) is 3.84. The molecule has 0 aliphatic carbocycles. The number of rotatable bonds is 4. The van der Waals surface area contributed by atoms with Crippen molar-refractivity contribution in [3.8, 4) is 0 Å². The van der Waals surface area contributed by atoms with E-state index in [9.17, 15) is 9.59 Å². The van der Waals surface area contributed by atoms with Gasteiger partial charge in [-0.05, 0) is 25.0 Å². The van der Waals surface area contributed by atoms with Gasteiger partial charge in [0.2, 0.25) is 0 Å². The van der Waals surface area contributed by atoms with Crippen molar-refractivity contribution in [2.75, 3.05) is 26.2 Å². The van der Waals surface area contributed by atoms with Crippen molar-refractivity contribution in [1.82, 2.24) is 14.8 Å². The second-order valence-electron chi connectivity index (χ2n) is 7.32. The number of amides is 2. The molecule has 2 amide bonds. The first-order valence-electron chi connectivity index (χ1n) is 9.12. The Morgan fingerprint density at radius 3 is 3.08 bits per heavy atom. The molecule has 4 heterocycles. The summed E-state index contributed by atoms with van der Waals surface area (Å²) < 4.78 is 7.32. The van der Waals surface area contributed by atoms with Crippen LogP contribution in [0.5, 0.6) is 0 Å². The van der Waals surface area contributed by atoms with Crippen LogP contribution < -0.4 is 5.32 Å². The summed E-state index contributed by atoms with van der Waals surface area (Å²) in [6.45, 7) is 2.31. The van der Waals surface area contributed by atoms with Gasteiger partial charge >= 0.3 is 0 Å². The highest BCUT2D eigenvalue weighted by Gasteiger charge is 2.48. The quantitative estimate of drug-likeness (QED) is 0.856. The zero-order valence-corrected chi connectivity index (χ0v) is 14.9. The molecule has 1 aromatic rings. The first kappa shape index (κ1) is 17.1. The van der Waals surface area contributed by atoms with Crippen molar-refractivity contribution in [3.05, 3.63) is 24.0 Å². The van der Waals surface area contributed by atoms with Gasteiger partial charge in [-0.25, -0.2) is 0 Å². The minimum absolute atomic E-state index is 0.0192. The van der Waals surface area contributed by atoms with Crippen LogP contribution in [0.4, 0.5) is 0 Å². The molecule has 3 aliphatic rings. The molecule has 8 heteroatoms. The Morgan fingerprint density at radius 2 is 2.35 bits per heavy atom. The summed E-state index contributed by atoms with van der Waals surface area (Å²) in [6.07, 6.45) is 5.07. The number of hydrogen-bond donors (Lipinski definition) is 1. The number of likely N-dealkylation sites (tertiary alicyclic amines) is 1. The van der Waals surface area contributed by atoms with Crippen LogP contribution in [-0.2, 0) is 21.4 Å². The number of hydrogen-bond acceptors (Lipinski definition) is 5. The summed E-state index contributed by atoms with van der Waals surface area (Å²) in [6, 6.07) is 3.66. The molecule has 2 saturated heterocycles.